The standard InChI is InChI=1S/C20H19NO5S/c1-4-15(3)20(16-8-6-5-7-9-16)18(22)21(19(23)26-20)27(24,25)17-12-10-14(2)11-13-17/h4-13,15H,1H2,2-3H3/t15-,20+/m1/s1. The second-order valence-corrected chi connectivity index (χ2v) is 8.17. The molecule has 6 nitrogen and oxygen atoms in total. The van der Waals surface area contributed by atoms with Crippen LogP contribution in [0.2, 0.25) is 0 Å². The van der Waals surface area contributed by atoms with E-state index in [-0.39, 0.29) is 9.20 Å². The summed E-state index contributed by atoms with van der Waals surface area (Å²) in [6.45, 7) is 7.13. The maximum Gasteiger partial charge on any atom is 0.432 e. The van der Waals surface area contributed by atoms with Crippen molar-refractivity contribution in [3.63, 3.8) is 0 Å². The van der Waals surface area contributed by atoms with Gasteiger partial charge >= 0.3 is 6.09 Å². The van der Waals surface area contributed by atoms with E-state index < -0.39 is 33.5 Å². The predicted molar refractivity (Wildman–Crippen MR) is 99.2 cm³/mol. The monoisotopic (exact) mass is 385 g/mol. The third-order valence-electron chi connectivity index (χ3n) is 4.67. The Kier molecular flexibility index (Phi) is 4.65. The number of hydrogen-bond acceptors (Lipinski definition) is 5. The fourth-order valence-corrected chi connectivity index (χ4v) is 4.34. The van der Waals surface area contributed by atoms with Crippen LogP contribution in [0.25, 0.3) is 0 Å². The van der Waals surface area contributed by atoms with Crippen LogP contribution in [0.1, 0.15) is 18.1 Å². The fraction of sp³-hybridized carbons (Fsp3) is 0.200. The van der Waals surface area contributed by atoms with Crippen molar-refractivity contribution in [2.45, 2.75) is 24.3 Å². The van der Waals surface area contributed by atoms with Gasteiger partial charge in [0.1, 0.15) is 0 Å². The molecule has 2 amide bonds. The third kappa shape index (κ3) is 2.84. The van der Waals surface area contributed by atoms with Gasteiger partial charge in [-0.2, -0.15) is 0 Å². The number of rotatable bonds is 5. The lowest BCUT2D eigenvalue weighted by Crippen LogP contribution is -2.45. The Bertz CT molecular complexity index is 998. The zero-order valence-electron chi connectivity index (χ0n) is 15.0. The van der Waals surface area contributed by atoms with Crippen molar-refractivity contribution in [1.29, 1.82) is 0 Å². The summed E-state index contributed by atoms with van der Waals surface area (Å²) in [4.78, 5) is 25.7. The second kappa shape index (κ2) is 6.66. The molecule has 7 heteroatoms. The Morgan fingerprint density at radius 2 is 1.67 bits per heavy atom. The second-order valence-electron chi connectivity index (χ2n) is 6.38. The molecule has 0 bridgehead atoms. The molecule has 1 aliphatic rings. The van der Waals surface area contributed by atoms with Crippen molar-refractivity contribution >= 4 is 22.0 Å². The first-order chi connectivity index (χ1) is 12.7. The first kappa shape index (κ1) is 18.8. The van der Waals surface area contributed by atoms with E-state index in [1.54, 1.807) is 56.3 Å². The van der Waals surface area contributed by atoms with E-state index in [4.69, 9.17) is 4.74 Å². The first-order valence-electron chi connectivity index (χ1n) is 8.32. The summed E-state index contributed by atoms with van der Waals surface area (Å²) in [5, 5.41) is 0. The largest absolute Gasteiger partial charge is 0.432 e. The van der Waals surface area contributed by atoms with Gasteiger partial charge in [0.25, 0.3) is 15.9 Å². The average molecular weight is 385 g/mol. The van der Waals surface area contributed by atoms with Gasteiger partial charge in [-0.3, -0.25) is 4.79 Å². The topological polar surface area (TPSA) is 80.8 Å². The smallest absolute Gasteiger partial charge is 0.426 e. The molecular weight excluding hydrogens is 366 g/mol. The highest BCUT2D eigenvalue weighted by atomic mass is 32.2. The van der Waals surface area contributed by atoms with Crippen molar-refractivity contribution < 1.29 is 22.7 Å². The Balaban J connectivity index is 2.15. The highest BCUT2D eigenvalue weighted by Gasteiger charge is 2.61. The molecule has 0 aromatic heterocycles. The van der Waals surface area contributed by atoms with E-state index in [1.807, 2.05) is 0 Å². The van der Waals surface area contributed by atoms with Crippen molar-refractivity contribution in [2.24, 2.45) is 5.92 Å². The number of aryl methyl sites for hydroxylation is 1. The Labute approximate surface area is 158 Å². The molecular formula is C20H19NO5S. The third-order valence-corrected chi connectivity index (χ3v) is 6.34. The number of ether oxygens (including phenoxy) is 1. The van der Waals surface area contributed by atoms with Gasteiger partial charge in [0.2, 0.25) is 5.60 Å². The lowest BCUT2D eigenvalue weighted by Gasteiger charge is -2.29. The number of cyclic esters (lactones) is 1. The van der Waals surface area contributed by atoms with E-state index in [1.165, 1.54) is 18.2 Å². The molecule has 3 rings (SSSR count). The number of benzene rings is 2. The lowest BCUT2D eigenvalue weighted by atomic mass is 9.82. The van der Waals surface area contributed by atoms with Crippen molar-refractivity contribution in [1.82, 2.24) is 4.31 Å². The summed E-state index contributed by atoms with van der Waals surface area (Å²) in [5.41, 5.74) is -0.543. The molecule has 0 N–H and O–H groups in total. The van der Waals surface area contributed by atoms with Crippen molar-refractivity contribution in [2.75, 3.05) is 0 Å². The molecule has 1 heterocycles. The Morgan fingerprint density at radius 1 is 1.07 bits per heavy atom. The van der Waals surface area contributed by atoms with Crippen LogP contribution in [0.5, 0.6) is 0 Å². The van der Waals surface area contributed by atoms with Gasteiger partial charge in [-0.1, -0.05) is 61.0 Å². The number of carbonyl (C=O) groups is 2. The molecule has 0 aliphatic carbocycles. The van der Waals surface area contributed by atoms with Crippen LogP contribution in [0.15, 0.2) is 72.1 Å². The van der Waals surface area contributed by atoms with Gasteiger partial charge in [0.15, 0.2) is 0 Å². The number of nitrogens with zero attached hydrogens (tertiary/aromatic N) is 1. The number of amides is 2. The van der Waals surface area contributed by atoms with Crippen LogP contribution < -0.4 is 0 Å². The highest BCUT2D eigenvalue weighted by molar-refractivity contribution is 7.90. The first-order valence-corrected chi connectivity index (χ1v) is 9.76. The van der Waals surface area contributed by atoms with Gasteiger partial charge in [0.05, 0.1) is 4.90 Å². The van der Waals surface area contributed by atoms with Gasteiger partial charge in [0, 0.05) is 11.5 Å². The molecule has 2 aromatic rings. The summed E-state index contributed by atoms with van der Waals surface area (Å²) in [6.07, 6.45) is 0.235. The summed E-state index contributed by atoms with van der Waals surface area (Å²) < 4.78 is 31.6. The van der Waals surface area contributed by atoms with Crippen molar-refractivity contribution in [3.8, 4) is 0 Å². The van der Waals surface area contributed by atoms with Crippen LogP contribution in [-0.4, -0.2) is 24.7 Å². The minimum absolute atomic E-state index is 0.159. The predicted octanol–water partition coefficient (Wildman–Crippen LogP) is 3.38. The molecule has 0 unspecified atom stereocenters. The number of imide groups is 1. The maximum absolute atomic E-state index is 13.3. The van der Waals surface area contributed by atoms with Crippen LogP contribution >= 0.6 is 0 Å². The molecule has 27 heavy (non-hydrogen) atoms. The molecule has 1 fully saturated rings. The molecule has 0 radical (unpaired) electrons. The van der Waals surface area contributed by atoms with Crippen LogP contribution in [-0.2, 0) is 25.2 Å². The number of hydrogen-bond donors (Lipinski definition) is 0. The van der Waals surface area contributed by atoms with Gasteiger partial charge < -0.3 is 4.74 Å². The summed E-state index contributed by atoms with van der Waals surface area (Å²) in [6, 6.07) is 14.2. The quantitative estimate of drug-likeness (QED) is 0.737. The van der Waals surface area contributed by atoms with Crippen LogP contribution in [0.4, 0.5) is 4.79 Å². The number of carbonyl (C=O) groups excluding carboxylic acids is 2. The van der Waals surface area contributed by atoms with E-state index >= 15 is 0 Å². The Morgan fingerprint density at radius 3 is 2.22 bits per heavy atom. The van der Waals surface area contributed by atoms with Crippen LogP contribution in [0, 0.1) is 12.8 Å². The fourth-order valence-electron chi connectivity index (χ4n) is 3.06. The zero-order valence-corrected chi connectivity index (χ0v) is 15.8. The SMILES string of the molecule is C=C[C@@H](C)[C@@]1(c2ccccc2)OC(=O)N(S(=O)(=O)c2ccc(C)cc2)C1=O. The van der Waals surface area contributed by atoms with E-state index in [0.717, 1.165) is 5.56 Å². The number of sulfonamides is 1. The Hall–Kier alpha value is -2.93. The molecule has 1 saturated heterocycles. The van der Waals surface area contributed by atoms with E-state index in [9.17, 15) is 18.0 Å². The zero-order chi connectivity index (χ0) is 19.8. The normalized spacial score (nSPS) is 21.0. The highest BCUT2D eigenvalue weighted by Crippen LogP contribution is 2.43. The van der Waals surface area contributed by atoms with Gasteiger partial charge in [-0.25, -0.2) is 13.2 Å². The van der Waals surface area contributed by atoms with Crippen LogP contribution in [0.3, 0.4) is 0 Å². The lowest BCUT2D eigenvalue weighted by molar-refractivity contribution is -0.138. The maximum atomic E-state index is 13.3. The minimum atomic E-state index is -4.40. The molecule has 0 spiro atoms. The van der Waals surface area contributed by atoms with Crippen molar-refractivity contribution in [3.05, 3.63) is 78.4 Å². The van der Waals surface area contributed by atoms with E-state index in [2.05, 4.69) is 6.58 Å². The molecule has 1 aliphatic heterocycles. The summed E-state index contributed by atoms with van der Waals surface area (Å²) in [7, 11) is -4.40. The van der Waals surface area contributed by atoms with Gasteiger partial charge in [-0.15, -0.1) is 10.9 Å². The minimum Gasteiger partial charge on any atom is -0.426 e. The van der Waals surface area contributed by atoms with E-state index in [0.29, 0.717) is 5.56 Å². The molecule has 2 atom stereocenters. The summed E-state index contributed by atoms with van der Waals surface area (Å²) in [5.74, 6) is -1.60. The molecule has 0 saturated carbocycles. The average Bonchev–Trinajstić information content (AvgIpc) is 2.94. The molecule has 140 valence electrons. The summed E-state index contributed by atoms with van der Waals surface area (Å²) >= 11 is 0. The molecule has 2 aromatic carbocycles. The van der Waals surface area contributed by atoms with Gasteiger partial charge in [-0.05, 0) is 19.1 Å².